The van der Waals surface area contributed by atoms with Crippen LogP contribution in [0, 0.1) is 5.41 Å². The van der Waals surface area contributed by atoms with Crippen LogP contribution in [0.1, 0.15) is 37.1 Å². The number of methoxy groups -OCH3 is 2. The van der Waals surface area contributed by atoms with Crippen molar-refractivity contribution in [3.8, 4) is 5.75 Å². The minimum absolute atomic E-state index is 0.128. The largest absolute Gasteiger partial charge is 0.497 e. The maximum absolute atomic E-state index is 13.3. The van der Waals surface area contributed by atoms with Gasteiger partial charge in [-0.2, -0.15) is 0 Å². The quantitative estimate of drug-likeness (QED) is 0.797. The molecule has 1 aromatic heterocycles. The highest BCUT2D eigenvalue weighted by Crippen LogP contribution is 2.67. The van der Waals surface area contributed by atoms with Crippen molar-refractivity contribution >= 4 is 16.9 Å². The van der Waals surface area contributed by atoms with Gasteiger partial charge >= 0.3 is 5.97 Å². The molecule has 2 fully saturated rings. The van der Waals surface area contributed by atoms with E-state index in [1.54, 1.807) is 7.11 Å². The lowest BCUT2D eigenvalue weighted by atomic mass is 9.62. The summed E-state index contributed by atoms with van der Waals surface area (Å²) in [4.78, 5) is 15.7. The predicted octanol–water partition coefficient (Wildman–Crippen LogP) is 1.95. The van der Waals surface area contributed by atoms with Crippen LogP contribution in [0.5, 0.6) is 5.75 Å². The average Bonchev–Trinajstić information content (AvgIpc) is 3.25. The summed E-state index contributed by atoms with van der Waals surface area (Å²) >= 11 is 0. The number of nitrogens with zero attached hydrogens (tertiary/aromatic N) is 2. The number of fused-ring (bicyclic) bond motifs is 5. The van der Waals surface area contributed by atoms with Gasteiger partial charge in [-0.15, -0.1) is 0 Å². The first kappa shape index (κ1) is 17.7. The lowest BCUT2D eigenvalue weighted by molar-refractivity contribution is -0.191. The van der Waals surface area contributed by atoms with Gasteiger partial charge in [-0.3, -0.25) is 4.90 Å². The number of aliphatic hydroxyl groups is 1. The van der Waals surface area contributed by atoms with E-state index in [-0.39, 0.29) is 17.6 Å². The fourth-order valence-corrected chi connectivity index (χ4v) is 6.80. The first-order valence-electron chi connectivity index (χ1n) is 10.4. The Morgan fingerprint density at radius 3 is 2.93 bits per heavy atom. The summed E-state index contributed by atoms with van der Waals surface area (Å²) < 4.78 is 19.4. The topological polar surface area (TPSA) is 73.2 Å². The molecule has 4 aliphatic rings. The predicted molar refractivity (Wildman–Crippen MR) is 105 cm³/mol. The highest BCUT2D eigenvalue weighted by molar-refractivity contribution is 5.91. The van der Waals surface area contributed by atoms with Crippen LogP contribution in [0.15, 0.2) is 18.2 Å². The third-order valence-electron chi connectivity index (χ3n) is 7.89. The van der Waals surface area contributed by atoms with Crippen molar-refractivity contribution in [1.29, 1.82) is 0 Å². The van der Waals surface area contributed by atoms with Gasteiger partial charge in [0.1, 0.15) is 5.75 Å². The standard InChI is InChI=1S/C22H26N2O5/c1-4-21-11-22(20(26)28-3)24-15-9-12(27-2)5-6-13(15)14-7-8-23(18(21)17(14)24)10-16(25)19(21)29-22/h5-6,9,16,18-19,25H,4,7-8,10-11H2,1-3H3/t16-,18+,19+,21-,22?/m1/s1. The van der Waals surface area contributed by atoms with E-state index in [1.165, 1.54) is 12.7 Å². The first-order valence-corrected chi connectivity index (χ1v) is 10.4. The molecule has 7 heteroatoms. The molecule has 2 saturated heterocycles. The number of carbonyl (C=O) groups excluding carboxylic acids is 1. The zero-order valence-corrected chi connectivity index (χ0v) is 17.0. The van der Waals surface area contributed by atoms with Gasteiger partial charge in [-0.1, -0.05) is 6.92 Å². The molecule has 5 heterocycles. The molecular formula is C22H26N2O5. The lowest BCUT2D eigenvalue weighted by Crippen LogP contribution is -2.61. The Kier molecular flexibility index (Phi) is 3.38. The van der Waals surface area contributed by atoms with E-state index in [2.05, 4.69) is 22.5 Å². The molecule has 0 saturated carbocycles. The SMILES string of the molecule is CC[C@]12CC3(C(=O)OC)O[C@H]1[C@H](O)CN1CCc4c(n3c3cc(OC)ccc43)[C@H]12. The Morgan fingerprint density at radius 1 is 1.38 bits per heavy atom. The smallest absolute Gasteiger partial charge is 0.360 e. The molecule has 1 N–H and O–H groups in total. The summed E-state index contributed by atoms with van der Waals surface area (Å²) in [6.07, 6.45) is 1.22. The molecule has 2 aromatic rings. The number of aromatic nitrogens is 1. The number of piperidine rings is 1. The maximum atomic E-state index is 13.3. The molecule has 7 nitrogen and oxygen atoms in total. The second kappa shape index (κ2) is 5.53. The molecule has 0 spiro atoms. The van der Waals surface area contributed by atoms with Crippen LogP contribution in [0.25, 0.3) is 10.9 Å². The third-order valence-corrected chi connectivity index (χ3v) is 7.89. The molecule has 4 aliphatic heterocycles. The summed E-state index contributed by atoms with van der Waals surface area (Å²) in [5.74, 6) is 0.346. The van der Waals surface area contributed by atoms with Gasteiger partial charge in [-0.05, 0) is 30.5 Å². The average molecular weight is 398 g/mol. The van der Waals surface area contributed by atoms with E-state index in [4.69, 9.17) is 14.2 Å². The third kappa shape index (κ3) is 1.83. The maximum Gasteiger partial charge on any atom is 0.360 e. The summed E-state index contributed by atoms with van der Waals surface area (Å²) in [6.45, 7) is 3.62. The normalized spacial score (nSPS) is 37.0. The van der Waals surface area contributed by atoms with Crippen molar-refractivity contribution in [3.63, 3.8) is 0 Å². The number of ether oxygens (including phenoxy) is 3. The number of carbonyl (C=O) groups is 1. The second-order valence-electron chi connectivity index (χ2n) is 8.88. The molecule has 0 radical (unpaired) electrons. The molecule has 0 aliphatic carbocycles. The van der Waals surface area contributed by atoms with Gasteiger partial charge in [-0.25, -0.2) is 4.79 Å². The van der Waals surface area contributed by atoms with Crippen molar-refractivity contribution < 1.29 is 24.1 Å². The Morgan fingerprint density at radius 2 is 2.21 bits per heavy atom. The van der Waals surface area contributed by atoms with Crippen molar-refractivity contribution in [1.82, 2.24) is 9.47 Å². The van der Waals surface area contributed by atoms with Crippen LogP contribution in [0.4, 0.5) is 0 Å². The molecule has 1 aromatic carbocycles. The first-order chi connectivity index (χ1) is 14.0. The Bertz CT molecular complexity index is 1050. The Labute approximate surface area is 169 Å². The van der Waals surface area contributed by atoms with Crippen LogP contribution in [0.3, 0.4) is 0 Å². The van der Waals surface area contributed by atoms with E-state index in [1.807, 2.05) is 12.1 Å². The Balaban J connectivity index is 1.75. The van der Waals surface area contributed by atoms with Crippen LogP contribution in [0.2, 0.25) is 0 Å². The zero-order chi connectivity index (χ0) is 20.1. The van der Waals surface area contributed by atoms with Crippen LogP contribution in [-0.4, -0.2) is 60.1 Å². The minimum atomic E-state index is -1.25. The molecule has 6 rings (SSSR count). The molecule has 2 bridgehead atoms. The fourth-order valence-electron chi connectivity index (χ4n) is 6.80. The van der Waals surface area contributed by atoms with E-state index in [0.717, 1.165) is 41.7 Å². The van der Waals surface area contributed by atoms with E-state index >= 15 is 0 Å². The van der Waals surface area contributed by atoms with Gasteiger partial charge in [0.2, 0.25) is 5.72 Å². The molecule has 154 valence electrons. The van der Waals surface area contributed by atoms with E-state index < -0.39 is 17.8 Å². The molecule has 1 unspecified atom stereocenters. The second-order valence-corrected chi connectivity index (χ2v) is 8.88. The van der Waals surface area contributed by atoms with E-state index in [0.29, 0.717) is 13.0 Å². The van der Waals surface area contributed by atoms with Crippen LogP contribution < -0.4 is 4.74 Å². The summed E-state index contributed by atoms with van der Waals surface area (Å²) in [6, 6.07) is 6.19. The number of esters is 1. The summed E-state index contributed by atoms with van der Waals surface area (Å²) in [5, 5.41) is 12.1. The highest BCUT2D eigenvalue weighted by Gasteiger charge is 2.72. The number of hydrogen-bond acceptors (Lipinski definition) is 6. The molecule has 0 amide bonds. The number of rotatable bonds is 3. The van der Waals surface area contributed by atoms with Gasteiger partial charge in [0.25, 0.3) is 0 Å². The number of benzene rings is 1. The van der Waals surface area contributed by atoms with Crippen LogP contribution >= 0.6 is 0 Å². The van der Waals surface area contributed by atoms with Crippen molar-refractivity contribution in [2.75, 3.05) is 27.3 Å². The highest BCUT2D eigenvalue weighted by atomic mass is 16.6. The molecule has 5 atom stereocenters. The summed E-state index contributed by atoms with van der Waals surface area (Å²) in [7, 11) is 3.06. The van der Waals surface area contributed by atoms with Crippen LogP contribution in [-0.2, 0) is 26.4 Å². The molecular weight excluding hydrogens is 372 g/mol. The minimum Gasteiger partial charge on any atom is -0.497 e. The van der Waals surface area contributed by atoms with Gasteiger partial charge in [0.05, 0.1) is 38.0 Å². The van der Waals surface area contributed by atoms with Gasteiger partial charge in [0, 0.05) is 42.1 Å². The van der Waals surface area contributed by atoms with Crippen molar-refractivity contribution in [3.05, 3.63) is 29.5 Å². The summed E-state index contributed by atoms with van der Waals surface area (Å²) in [5.41, 5.74) is 1.82. The zero-order valence-electron chi connectivity index (χ0n) is 17.0. The van der Waals surface area contributed by atoms with Crippen molar-refractivity contribution in [2.24, 2.45) is 5.41 Å². The monoisotopic (exact) mass is 398 g/mol. The Hall–Kier alpha value is -2.09. The fraction of sp³-hybridized carbons (Fsp3) is 0.591. The van der Waals surface area contributed by atoms with Gasteiger partial charge in [0.15, 0.2) is 0 Å². The van der Waals surface area contributed by atoms with Gasteiger partial charge < -0.3 is 23.9 Å². The van der Waals surface area contributed by atoms with E-state index in [9.17, 15) is 9.90 Å². The lowest BCUT2D eigenvalue weighted by Gasteiger charge is -2.55. The molecule has 29 heavy (non-hydrogen) atoms. The number of hydrogen-bond donors (Lipinski definition) is 1. The number of aliphatic hydroxyl groups excluding tert-OH is 1. The van der Waals surface area contributed by atoms with Crippen molar-refractivity contribution in [2.45, 2.75) is 50.2 Å².